The van der Waals surface area contributed by atoms with Crippen molar-refractivity contribution in [3.8, 4) is 5.13 Å². The van der Waals surface area contributed by atoms with Crippen molar-refractivity contribution in [3.05, 3.63) is 62.8 Å². The molecular formula is C19H21N5O2S. The fourth-order valence-electron chi connectivity index (χ4n) is 3.28. The normalized spacial score (nSPS) is 13.4. The molecule has 0 spiro atoms. The number of nitrogens with one attached hydrogen (secondary N) is 1. The maximum atomic E-state index is 12.5. The summed E-state index contributed by atoms with van der Waals surface area (Å²) in [5.41, 5.74) is 2.69. The molecule has 4 rings (SSSR count). The van der Waals surface area contributed by atoms with E-state index >= 15 is 0 Å². The Balaban J connectivity index is 1.41. The van der Waals surface area contributed by atoms with Gasteiger partial charge in [0.15, 0.2) is 5.13 Å². The number of rotatable bonds is 5. The van der Waals surface area contributed by atoms with Crippen LogP contribution in [0.2, 0.25) is 0 Å². The molecule has 27 heavy (non-hydrogen) atoms. The van der Waals surface area contributed by atoms with Crippen LogP contribution in [0.25, 0.3) is 5.13 Å². The van der Waals surface area contributed by atoms with Crippen molar-refractivity contribution in [3.63, 3.8) is 0 Å². The highest BCUT2D eigenvalue weighted by atomic mass is 32.1. The van der Waals surface area contributed by atoms with Crippen LogP contribution in [0.1, 0.15) is 39.5 Å². The number of nitrogens with zero attached hydrogens (tertiary/aromatic N) is 4. The largest absolute Gasteiger partial charge is 0.349 e. The van der Waals surface area contributed by atoms with Crippen molar-refractivity contribution in [2.24, 2.45) is 0 Å². The molecule has 1 aliphatic carbocycles. The molecular weight excluding hydrogens is 362 g/mol. The Labute approximate surface area is 160 Å². The first kappa shape index (κ1) is 17.7. The first-order chi connectivity index (χ1) is 13.1. The number of aromatic nitrogens is 4. The van der Waals surface area contributed by atoms with Gasteiger partial charge in [0.1, 0.15) is 4.88 Å². The number of aryl methyl sites for hydroxylation is 3. The van der Waals surface area contributed by atoms with Gasteiger partial charge in [-0.05, 0) is 50.3 Å². The zero-order valence-electron chi connectivity index (χ0n) is 15.1. The smallest absolute Gasteiger partial charge is 0.267 e. The summed E-state index contributed by atoms with van der Waals surface area (Å²) in [6.07, 6.45) is 7.88. The number of carbonyl (C=O) groups is 1. The summed E-state index contributed by atoms with van der Waals surface area (Å²) < 4.78 is 3.33. The van der Waals surface area contributed by atoms with Gasteiger partial charge in [0.2, 0.25) is 0 Å². The van der Waals surface area contributed by atoms with E-state index < -0.39 is 0 Å². The van der Waals surface area contributed by atoms with Crippen LogP contribution in [-0.2, 0) is 19.4 Å². The van der Waals surface area contributed by atoms with Crippen molar-refractivity contribution in [1.82, 2.24) is 24.6 Å². The predicted octanol–water partition coefficient (Wildman–Crippen LogP) is 2.11. The summed E-state index contributed by atoms with van der Waals surface area (Å²) in [6, 6.07) is 5.53. The Morgan fingerprint density at radius 1 is 1.26 bits per heavy atom. The summed E-state index contributed by atoms with van der Waals surface area (Å²) in [7, 11) is 0. The minimum absolute atomic E-state index is 0.103. The minimum Gasteiger partial charge on any atom is -0.349 e. The molecule has 0 aromatic carbocycles. The molecule has 7 nitrogen and oxygen atoms in total. The van der Waals surface area contributed by atoms with Crippen molar-refractivity contribution in [1.29, 1.82) is 0 Å². The molecule has 1 N–H and O–H groups in total. The van der Waals surface area contributed by atoms with Gasteiger partial charge in [-0.25, -0.2) is 9.67 Å². The summed E-state index contributed by atoms with van der Waals surface area (Å²) in [5.74, 6) is -0.172. The molecule has 3 aromatic heterocycles. The fraction of sp³-hybridized carbons (Fsp3) is 0.368. The van der Waals surface area contributed by atoms with E-state index in [-0.39, 0.29) is 11.5 Å². The molecule has 0 saturated carbocycles. The van der Waals surface area contributed by atoms with Crippen LogP contribution in [-0.4, -0.2) is 31.8 Å². The molecule has 0 saturated heterocycles. The van der Waals surface area contributed by atoms with Crippen LogP contribution < -0.4 is 10.9 Å². The Bertz CT molecular complexity index is 1020. The molecule has 0 radical (unpaired) electrons. The van der Waals surface area contributed by atoms with Crippen LogP contribution in [0.3, 0.4) is 0 Å². The van der Waals surface area contributed by atoms with E-state index in [2.05, 4.69) is 15.4 Å². The zero-order valence-corrected chi connectivity index (χ0v) is 16.0. The average molecular weight is 383 g/mol. The van der Waals surface area contributed by atoms with E-state index in [1.54, 1.807) is 6.07 Å². The first-order valence-corrected chi connectivity index (χ1v) is 9.92. The van der Waals surface area contributed by atoms with Gasteiger partial charge >= 0.3 is 0 Å². The Morgan fingerprint density at radius 3 is 2.85 bits per heavy atom. The third-order valence-corrected chi connectivity index (χ3v) is 5.87. The lowest BCUT2D eigenvalue weighted by Crippen LogP contribution is -2.33. The maximum Gasteiger partial charge on any atom is 0.267 e. The lowest BCUT2D eigenvalue weighted by atomic mass is 9.97. The van der Waals surface area contributed by atoms with Crippen molar-refractivity contribution in [2.45, 2.75) is 39.2 Å². The predicted molar refractivity (Wildman–Crippen MR) is 104 cm³/mol. The monoisotopic (exact) mass is 383 g/mol. The van der Waals surface area contributed by atoms with Gasteiger partial charge in [0.05, 0.1) is 17.9 Å². The molecule has 0 fully saturated rings. The van der Waals surface area contributed by atoms with Crippen molar-refractivity contribution < 1.29 is 4.79 Å². The second-order valence-corrected chi connectivity index (χ2v) is 7.62. The van der Waals surface area contributed by atoms with Crippen LogP contribution in [0, 0.1) is 6.92 Å². The van der Waals surface area contributed by atoms with Crippen LogP contribution in [0.4, 0.5) is 0 Å². The standard InChI is InChI=1S/C19H21N5O2S/c1-13-17(27-19(21-13)23-9-4-5-10-23)18(26)20-8-11-24-16(25)12-14-6-2-3-7-15(14)22-24/h4-5,9-10,12H,2-3,6-8,11H2,1H3,(H,20,26). The van der Waals surface area contributed by atoms with Crippen molar-refractivity contribution in [2.75, 3.05) is 6.54 Å². The quantitative estimate of drug-likeness (QED) is 0.732. The molecule has 0 unspecified atom stereocenters. The molecule has 3 aromatic rings. The van der Waals surface area contributed by atoms with Gasteiger partial charge in [-0.3, -0.25) is 9.59 Å². The Kier molecular flexibility index (Phi) is 4.89. The number of carbonyl (C=O) groups excluding carboxylic acids is 1. The van der Waals surface area contributed by atoms with Crippen LogP contribution >= 0.6 is 11.3 Å². The van der Waals surface area contributed by atoms with Gasteiger partial charge < -0.3 is 9.88 Å². The highest BCUT2D eigenvalue weighted by Gasteiger charge is 2.16. The molecule has 8 heteroatoms. The van der Waals surface area contributed by atoms with Gasteiger partial charge in [-0.2, -0.15) is 5.10 Å². The van der Waals surface area contributed by atoms with E-state index in [1.807, 2.05) is 36.0 Å². The molecule has 3 heterocycles. The highest BCUT2D eigenvalue weighted by Crippen LogP contribution is 2.21. The van der Waals surface area contributed by atoms with E-state index in [4.69, 9.17) is 0 Å². The number of thiazole rings is 1. The third-order valence-electron chi connectivity index (χ3n) is 4.70. The van der Waals surface area contributed by atoms with Gasteiger partial charge in [-0.15, -0.1) is 0 Å². The van der Waals surface area contributed by atoms with E-state index in [1.165, 1.54) is 16.0 Å². The summed E-state index contributed by atoms with van der Waals surface area (Å²) in [6.45, 7) is 2.54. The molecule has 0 bridgehead atoms. The average Bonchev–Trinajstić information content (AvgIpc) is 3.31. The summed E-state index contributed by atoms with van der Waals surface area (Å²) in [4.78, 5) is 29.7. The molecule has 1 amide bonds. The van der Waals surface area contributed by atoms with E-state index in [0.29, 0.717) is 23.7 Å². The zero-order chi connectivity index (χ0) is 18.8. The third kappa shape index (κ3) is 3.71. The van der Waals surface area contributed by atoms with Gasteiger partial charge in [0.25, 0.3) is 11.5 Å². The SMILES string of the molecule is Cc1nc(-n2cccc2)sc1C(=O)NCCn1nc2c(cc1=O)CCCC2. The van der Waals surface area contributed by atoms with E-state index in [0.717, 1.165) is 42.1 Å². The fourth-order valence-corrected chi connectivity index (χ4v) is 4.23. The van der Waals surface area contributed by atoms with Gasteiger partial charge in [-0.1, -0.05) is 11.3 Å². The lowest BCUT2D eigenvalue weighted by Gasteiger charge is -2.15. The van der Waals surface area contributed by atoms with Crippen LogP contribution in [0.15, 0.2) is 35.4 Å². The molecule has 140 valence electrons. The Morgan fingerprint density at radius 2 is 2.04 bits per heavy atom. The molecule has 0 aliphatic heterocycles. The number of amides is 1. The topological polar surface area (TPSA) is 81.8 Å². The lowest BCUT2D eigenvalue weighted by molar-refractivity contribution is 0.0955. The summed E-state index contributed by atoms with van der Waals surface area (Å²) in [5, 5.41) is 8.11. The second kappa shape index (κ2) is 7.48. The summed E-state index contributed by atoms with van der Waals surface area (Å²) >= 11 is 1.35. The van der Waals surface area contributed by atoms with Crippen LogP contribution in [0.5, 0.6) is 0 Å². The first-order valence-electron chi connectivity index (χ1n) is 9.11. The number of hydrogen-bond acceptors (Lipinski definition) is 5. The second-order valence-electron chi connectivity index (χ2n) is 6.64. The van der Waals surface area contributed by atoms with Gasteiger partial charge in [0, 0.05) is 25.0 Å². The van der Waals surface area contributed by atoms with E-state index in [9.17, 15) is 9.59 Å². The minimum atomic E-state index is -0.172. The van der Waals surface area contributed by atoms with Crippen molar-refractivity contribution >= 4 is 17.2 Å². The highest BCUT2D eigenvalue weighted by molar-refractivity contribution is 7.16. The number of hydrogen-bond donors (Lipinski definition) is 1. The molecule has 0 atom stereocenters. The Hall–Kier alpha value is -2.74. The number of fused-ring (bicyclic) bond motifs is 1. The molecule has 1 aliphatic rings. The maximum absolute atomic E-state index is 12.5.